The second kappa shape index (κ2) is 3.59. The summed E-state index contributed by atoms with van der Waals surface area (Å²) in [5.74, 6) is 1.73. The zero-order chi connectivity index (χ0) is 11.2. The van der Waals surface area contributed by atoms with Crippen molar-refractivity contribution >= 4 is 0 Å². The molecule has 16 heavy (non-hydrogen) atoms. The third-order valence-electron chi connectivity index (χ3n) is 4.79. The summed E-state index contributed by atoms with van der Waals surface area (Å²) in [5.41, 5.74) is 8.03. The SMILES string of the molecule is Cn1nccc1CCC1(N)CC2CCC1C2. The van der Waals surface area contributed by atoms with E-state index < -0.39 is 0 Å². The van der Waals surface area contributed by atoms with Crippen molar-refractivity contribution in [2.45, 2.75) is 44.1 Å². The number of aromatic nitrogens is 2. The molecule has 88 valence electrons. The van der Waals surface area contributed by atoms with Crippen LogP contribution in [0.4, 0.5) is 0 Å². The van der Waals surface area contributed by atoms with Crippen molar-refractivity contribution in [2.24, 2.45) is 24.6 Å². The maximum Gasteiger partial charge on any atom is 0.0492 e. The zero-order valence-corrected chi connectivity index (χ0v) is 10.0. The lowest BCUT2D eigenvalue weighted by Crippen LogP contribution is -2.45. The minimum absolute atomic E-state index is 0.132. The van der Waals surface area contributed by atoms with Gasteiger partial charge in [0.15, 0.2) is 0 Å². The molecule has 1 aromatic rings. The van der Waals surface area contributed by atoms with E-state index in [9.17, 15) is 0 Å². The van der Waals surface area contributed by atoms with Gasteiger partial charge in [0.1, 0.15) is 0 Å². The first kappa shape index (κ1) is 10.3. The number of aryl methyl sites for hydroxylation is 2. The standard InChI is InChI=1S/C13H21N3/c1-16-12(5-7-15-16)4-6-13(14)9-10-2-3-11(13)8-10/h5,7,10-11H,2-4,6,8-9,14H2,1H3. The molecule has 0 aromatic carbocycles. The number of rotatable bonds is 3. The molecule has 2 fully saturated rings. The van der Waals surface area contributed by atoms with Crippen LogP contribution >= 0.6 is 0 Å². The van der Waals surface area contributed by atoms with Crippen molar-refractivity contribution in [1.29, 1.82) is 0 Å². The van der Waals surface area contributed by atoms with Crippen LogP contribution in [0, 0.1) is 11.8 Å². The number of nitrogens with zero attached hydrogens (tertiary/aromatic N) is 2. The molecule has 0 radical (unpaired) electrons. The third-order valence-corrected chi connectivity index (χ3v) is 4.79. The van der Waals surface area contributed by atoms with E-state index in [0.29, 0.717) is 0 Å². The molecule has 0 saturated heterocycles. The van der Waals surface area contributed by atoms with Gasteiger partial charge in [-0.3, -0.25) is 4.68 Å². The molecule has 3 heteroatoms. The van der Waals surface area contributed by atoms with Gasteiger partial charge < -0.3 is 5.73 Å². The first-order valence-corrected chi connectivity index (χ1v) is 6.43. The van der Waals surface area contributed by atoms with Gasteiger partial charge in [0.25, 0.3) is 0 Å². The van der Waals surface area contributed by atoms with E-state index in [1.54, 1.807) is 0 Å². The molecular weight excluding hydrogens is 198 g/mol. The van der Waals surface area contributed by atoms with Crippen molar-refractivity contribution in [3.8, 4) is 0 Å². The van der Waals surface area contributed by atoms with E-state index >= 15 is 0 Å². The topological polar surface area (TPSA) is 43.8 Å². The molecule has 0 amide bonds. The lowest BCUT2D eigenvalue weighted by molar-refractivity contribution is 0.252. The summed E-state index contributed by atoms with van der Waals surface area (Å²) in [6.07, 6.45) is 9.53. The molecule has 2 aliphatic carbocycles. The first-order chi connectivity index (χ1) is 7.67. The number of hydrogen-bond donors (Lipinski definition) is 1. The molecule has 2 N–H and O–H groups in total. The Bertz CT molecular complexity index is 384. The van der Waals surface area contributed by atoms with Crippen LogP contribution in [0.2, 0.25) is 0 Å². The van der Waals surface area contributed by atoms with Gasteiger partial charge in [-0.05, 0) is 50.0 Å². The van der Waals surface area contributed by atoms with Crippen molar-refractivity contribution in [3.05, 3.63) is 18.0 Å². The second-order valence-electron chi connectivity index (χ2n) is 5.76. The van der Waals surface area contributed by atoms with Crippen LogP contribution in [-0.2, 0) is 13.5 Å². The molecule has 1 heterocycles. The van der Waals surface area contributed by atoms with Crippen molar-refractivity contribution in [1.82, 2.24) is 9.78 Å². The Morgan fingerprint density at radius 1 is 1.56 bits per heavy atom. The molecular formula is C13H21N3. The zero-order valence-electron chi connectivity index (χ0n) is 10.0. The fourth-order valence-electron chi connectivity index (χ4n) is 3.80. The molecule has 3 unspecified atom stereocenters. The maximum atomic E-state index is 6.58. The van der Waals surface area contributed by atoms with Crippen LogP contribution in [-0.4, -0.2) is 15.3 Å². The van der Waals surface area contributed by atoms with E-state index in [-0.39, 0.29) is 5.54 Å². The molecule has 2 saturated carbocycles. The summed E-state index contributed by atoms with van der Waals surface area (Å²) < 4.78 is 1.97. The predicted molar refractivity (Wildman–Crippen MR) is 63.9 cm³/mol. The van der Waals surface area contributed by atoms with Crippen LogP contribution in [0.5, 0.6) is 0 Å². The summed E-state index contributed by atoms with van der Waals surface area (Å²) in [6, 6.07) is 2.11. The third kappa shape index (κ3) is 1.58. The molecule has 0 aliphatic heterocycles. The Labute approximate surface area is 97.0 Å². The van der Waals surface area contributed by atoms with Gasteiger partial charge in [-0.15, -0.1) is 0 Å². The lowest BCUT2D eigenvalue weighted by Gasteiger charge is -2.34. The highest BCUT2D eigenvalue weighted by Gasteiger charge is 2.47. The average Bonchev–Trinajstić information content (AvgIpc) is 2.91. The Balaban J connectivity index is 1.65. The Morgan fingerprint density at radius 3 is 3.00 bits per heavy atom. The van der Waals surface area contributed by atoms with Crippen LogP contribution in [0.25, 0.3) is 0 Å². The number of fused-ring (bicyclic) bond motifs is 2. The normalized spacial score (nSPS) is 37.1. The second-order valence-corrected chi connectivity index (χ2v) is 5.76. The smallest absolute Gasteiger partial charge is 0.0492 e. The Hall–Kier alpha value is -0.830. The van der Waals surface area contributed by atoms with Crippen LogP contribution in [0.3, 0.4) is 0 Å². The molecule has 0 spiro atoms. The monoisotopic (exact) mass is 219 g/mol. The van der Waals surface area contributed by atoms with Crippen molar-refractivity contribution in [2.75, 3.05) is 0 Å². The van der Waals surface area contributed by atoms with Gasteiger partial charge in [0.2, 0.25) is 0 Å². The largest absolute Gasteiger partial charge is 0.325 e. The minimum atomic E-state index is 0.132. The summed E-state index contributed by atoms with van der Waals surface area (Å²) in [4.78, 5) is 0. The van der Waals surface area contributed by atoms with E-state index in [0.717, 1.165) is 24.7 Å². The Kier molecular flexibility index (Phi) is 2.32. The predicted octanol–water partition coefficient (Wildman–Crippen LogP) is 1.87. The lowest BCUT2D eigenvalue weighted by atomic mass is 9.78. The van der Waals surface area contributed by atoms with Gasteiger partial charge in [-0.1, -0.05) is 6.42 Å². The minimum Gasteiger partial charge on any atom is -0.325 e. The number of hydrogen-bond acceptors (Lipinski definition) is 2. The van der Waals surface area contributed by atoms with E-state index in [1.807, 2.05) is 17.9 Å². The quantitative estimate of drug-likeness (QED) is 0.843. The highest BCUT2D eigenvalue weighted by atomic mass is 15.2. The van der Waals surface area contributed by atoms with Gasteiger partial charge in [-0.25, -0.2) is 0 Å². The molecule has 2 bridgehead atoms. The summed E-state index contributed by atoms with van der Waals surface area (Å²) in [5, 5.41) is 4.21. The fraction of sp³-hybridized carbons (Fsp3) is 0.769. The highest BCUT2D eigenvalue weighted by molar-refractivity contribution is 5.08. The van der Waals surface area contributed by atoms with Gasteiger partial charge in [0.05, 0.1) is 0 Å². The van der Waals surface area contributed by atoms with E-state index in [2.05, 4.69) is 11.2 Å². The maximum absolute atomic E-state index is 6.58. The van der Waals surface area contributed by atoms with Crippen LogP contribution < -0.4 is 5.73 Å². The highest BCUT2D eigenvalue weighted by Crippen LogP contribution is 2.51. The van der Waals surface area contributed by atoms with Crippen molar-refractivity contribution in [3.63, 3.8) is 0 Å². The molecule has 2 aliphatic rings. The van der Waals surface area contributed by atoms with Gasteiger partial charge in [0, 0.05) is 24.5 Å². The van der Waals surface area contributed by atoms with Crippen molar-refractivity contribution < 1.29 is 0 Å². The summed E-state index contributed by atoms with van der Waals surface area (Å²) in [7, 11) is 2.01. The molecule has 3 rings (SSSR count). The average molecular weight is 219 g/mol. The first-order valence-electron chi connectivity index (χ1n) is 6.43. The molecule has 3 atom stereocenters. The van der Waals surface area contributed by atoms with Gasteiger partial charge in [-0.2, -0.15) is 5.10 Å². The summed E-state index contributed by atoms with van der Waals surface area (Å²) >= 11 is 0. The molecule has 3 nitrogen and oxygen atoms in total. The van der Waals surface area contributed by atoms with Gasteiger partial charge >= 0.3 is 0 Å². The summed E-state index contributed by atoms with van der Waals surface area (Å²) in [6.45, 7) is 0. The van der Waals surface area contributed by atoms with Crippen LogP contribution in [0.1, 0.15) is 37.8 Å². The number of nitrogens with two attached hydrogens (primary N) is 1. The Morgan fingerprint density at radius 2 is 2.44 bits per heavy atom. The fourth-order valence-corrected chi connectivity index (χ4v) is 3.80. The van der Waals surface area contributed by atoms with Crippen LogP contribution in [0.15, 0.2) is 12.3 Å². The molecule has 1 aromatic heterocycles. The van der Waals surface area contributed by atoms with E-state index in [1.165, 1.54) is 31.4 Å². The van der Waals surface area contributed by atoms with E-state index in [4.69, 9.17) is 5.73 Å².